The quantitative estimate of drug-likeness (QED) is 0.708. The Bertz CT molecular complexity index is 374. The third-order valence-corrected chi connectivity index (χ3v) is 2.47. The van der Waals surface area contributed by atoms with Gasteiger partial charge in [0.2, 0.25) is 0 Å². The largest absolute Gasteiger partial charge is 0.295 e. The zero-order valence-electron chi connectivity index (χ0n) is 9.25. The van der Waals surface area contributed by atoms with Gasteiger partial charge in [0, 0.05) is 5.02 Å². The summed E-state index contributed by atoms with van der Waals surface area (Å²) in [5, 5.41) is 0.709. The number of benzene rings is 1. The lowest BCUT2D eigenvalue weighted by Gasteiger charge is -2.07. The summed E-state index contributed by atoms with van der Waals surface area (Å²) in [5.74, 6) is 0.373. The molecular formula is C13H15ClO. The van der Waals surface area contributed by atoms with Crippen LogP contribution in [0.3, 0.4) is 0 Å². The molecular weight excluding hydrogens is 208 g/mol. The molecule has 0 atom stereocenters. The number of allylic oxidation sites excluding steroid dienone is 1. The van der Waals surface area contributed by atoms with E-state index in [0.29, 0.717) is 5.02 Å². The third-order valence-electron chi connectivity index (χ3n) is 2.22. The van der Waals surface area contributed by atoms with E-state index in [0.717, 1.165) is 11.1 Å². The minimum atomic E-state index is 0.125. The molecule has 0 bridgehead atoms. The molecule has 15 heavy (non-hydrogen) atoms. The minimum absolute atomic E-state index is 0.125. The number of halogens is 1. The molecule has 1 nitrogen and oxygen atoms in total. The van der Waals surface area contributed by atoms with Gasteiger partial charge in [0.05, 0.1) is 0 Å². The van der Waals surface area contributed by atoms with E-state index in [4.69, 9.17) is 11.6 Å². The first-order valence-corrected chi connectivity index (χ1v) is 5.36. The SMILES string of the molecule is CC(=O)/C(=C/c1ccc(Cl)cc1)C(C)C. The number of hydrogen-bond donors (Lipinski definition) is 0. The standard InChI is InChI=1S/C13H15ClO/c1-9(2)13(10(3)15)8-11-4-6-12(14)7-5-11/h4-9H,1-3H3/b13-8+. The second-order valence-electron chi connectivity index (χ2n) is 3.86. The Morgan fingerprint density at radius 3 is 2.20 bits per heavy atom. The lowest BCUT2D eigenvalue weighted by Crippen LogP contribution is -2.03. The fraction of sp³-hybridized carbons (Fsp3) is 0.308. The Morgan fingerprint density at radius 2 is 1.80 bits per heavy atom. The average Bonchev–Trinajstić information content (AvgIpc) is 2.15. The van der Waals surface area contributed by atoms with Crippen molar-refractivity contribution in [1.82, 2.24) is 0 Å². The highest BCUT2D eigenvalue weighted by molar-refractivity contribution is 6.30. The third kappa shape index (κ3) is 3.52. The fourth-order valence-electron chi connectivity index (χ4n) is 1.41. The molecule has 0 N–H and O–H groups in total. The molecule has 0 saturated carbocycles. The van der Waals surface area contributed by atoms with Crippen LogP contribution < -0.4 is 0 Å². The summed E-state index contributed by atoms with van der Waals surface area (Å²) < 4.78 is 0. The Hall–Kier alpha value is -1.08. The lowest BCUT2D eigenvalue weighted by atomic mass is 9.97. The van der Waals surface area contributed by atoms with E-state index in [-0.39, 0.29) is 11.7 Å². The highest BCUT2D eigenvalue weighted by Crippen LogP contribution is 2.17. The average molecular weight is 223 g/mol. The van der Waals surface area contributed by atoms with Crippen LogP contribution in [0.4, 0.5) is 0 Å². The summed E-state index contributed by atoms with van der Waals surface area (Å²) in [5.41, 5.74) is 1.86. The molecule has 2 heteroatoms. The van der Waals surface area contributed by atoms with Crippen LogP contribution in [0.2, 0.25) is 5.02 Å². The molecule has 0 aromatic heterocycles. The van der Waals surface area contributed by atoms with Crippen molar-refractivity contribution in [3.63, 3.8) is 0 Å². The molecule has 0 aliphatic rings. The van der Waals surface area contributed by atoms with Gasteiger partial charge in [-0.2, -0.15) is 0 Å². The predicted molar refractivity (Wildman–Crippen MR) is 64.9 cm³/mol. The van der Waals surface area contributed by atoms with Gasteiger partial charge >= 0.3 is 0 Å². The first kappa shape index (κ1) is 12.0. The van der Waals surface area contributed by atoms with Crippen molar-refractivity contribution in [2.45, 2.75) is 20.8 Å². The molecule has 0 fully saturated rings. The summed E-state index contributed by atoms with van der Waals surface area (Å²) >= 11 is 5.79. The van der Waals surface area contributed by atoms with Gasteiger partial charge in [0.15, 0.2) is 5.78 Å². The summed E-state index contributed by atoms with van der Waals surface area (Å²) in [4.78, 5) is 11.4. The maximum atomic E-state index is 11.4. The number of ketones is 1. The van der Waals surface area contributed by atoms with Gasteiger partial charge in [-0.1, -0.05) is 37.6 Å². The van der Waals surface area contributed by atoms with Crippen LogP contribution in [0.15, 0.2) is 29.8 Å². The highest BCUT2D eigenvalue weighted by Gasteiger charge is 2.08. The van der Waals surface area contributed by atoms with E-state index in [9.17, 15) is 4.79 Å². The van der Waals surface area contributed by atoms with E-state index in [1.807, 2.05) is 44.2 Å². The van der Waals surface area contributed by atoms with Crippen molar-refractivity contribution in [2.75, 3.05) is 0 Å². The second-order valence-corrected chi connectivity index (χ2v) is 4.30. The first-order valence-electron chi connectivity index (χ1n) is 4.99. The van der Waals surface area contributed by atoms with Gasteiger partial charge in [0.25, 0.3) is 0 Å². The maximum absolute atomic E-state index is 11.4. The molecule has 0 heterocycles. The van der Waals surface area contributed by atoms with E-state index in [2.05, 4.69) is 0 Å². The highest BCUT2D eigenvalue weighted by atomic mass is 35.5. The van der Waals surface area contributed by atoms with E-state index >= 15 is 0 Å². The number of carbonyl (C=O) groups excluding carboxylic acids is 1. The van der Waals surface area contributed by atoms with Crippen LogP contribution >= 0.6 is 11.6 Å². The van der Waals surface area contributed by atoms with Gasteiger partial charge in [-0.25, -0.2) is 0 Å². The van der Waals surface area contributed by atoms with Gasteiger partial charge in [-0.3, -0.25) is 4.79 Å². The molecule has 0 aliphatic heterocycles. The van der Waals surface area contributed by atoms with Gasteiger partial charge in [-0.05, 0) is 42.2 Å². The molecule has 0 aliphatic carbocycles. The zero-order chi connectivity index (χ0) is 11.4. The summed E-state index contributed by atoms with van der Waals surface area (Å²) in [6.07, 6.45) is 1.92. The van der Waals surface area contributed by atoms with E-state index in [1.54, 1.807) is 6.92 Å². The number of Topliss-reactive ketones (excluding diaryl/α,β-unsaturated/α-hetero) is 1. The molecule has 0 unspecified atom stereocenters. The maximum Gasteiger partial charge on any atom is 0.156 e. The Morgan fingerprint density at radius 1 is 1.27 bits per heavy atom. The van der Waals surface area contributed by atoms with Crippen LogP contribution in [0.1, 0.15) is 26.3 Å². The number of hydrogen-bond acceptors (Lipinski definition) is 1. The van der Waals surface area contributed by atoms with Gasteiger partial charge in [-0.15, -0.1) is 0 Å². The molecule has 0 amide bonds. The van der Waals surface area contributed by atoms with Crippen molar-refractivity contribution >= 4 is 23.5 Å². The number of rotatable bonds is 3. The van der Waals surface area contributed by atoms with Crippen molar-refractivity contribution in [2.24, 2.45) is 5.92 Å². The van der Waals surface area contributed by atoms with Crippen LogP contribution in [-0.2, 0) is 4.79 Å². The predicted octanol–water partition coefficient (Wildman–Crippen LogP) is 3.97. The van der Waals surface area contributed by atoms with Gasteiger partial charge < -0.3 is 0 Å². The molecule has 0 spiro atoms. The Labute approximate surface area is 95.8 Å². The van der Waals surface area contributed by atoms with Crippen molar-refractivity contribution in [1.29, 1.82) is 0 Å². The van der Waals surface area contributed by atoms with Crippen molar-refractivity contribution in [3.8, 4) is 0 Å². The zero-order valence-corrected chi connectivity index (χ0v) is 10.0. The molecule has 1 aromatic rings. The van der Waals surface area contributed by atoms with Crippen molar-refractivity contribution in [3.05, 3.63) is 40.4 Å². The smallest absolute Gasteiger partial charge is 0.156 e. The topological polar surface area (TPSA) is 17.1 Å². The van der Waals surface area contributed by atoms with E-state index in [1.165, 1.54) is 0 Å². The molecule has 0 radical (unpaired) electrons. The van der Waals surface area contributed by atoms with E-state index < -0.39 is 0 Å². The number of carbonyl (C=O) groups is 1. The van der Waals surface area contributed by atoms with Crippen LogP contribution in [0.5, 0.6) is 0 Å². The lowest BCUT2D eigenvalue weighted by molar-refractivity contribution is -0.113. The summed E-state index contributed by atoms with van der Waals surface area (Å²) in [7, 11) is 0. The van der Waals surface area contributed by atoms with Crippen LogP contribution in [-0.4, -0.2) is 5.78 Å². The minimum Gasteiger partial charge on any atom is -0.295 e. The van der Waals surface area contributed by atoms with Gasteiger partial charge in [0.1, 0.15) is 0 Å². The Balaban J connectivity index is 3.02. The molecule has 1 rings (SSSR count). The molecule has 0 saturated heterocycles. The second kappa shape index (κ2) is 5.13. The normalized spacial score (nSPS) is 11.9. The molecule has 1 aromatic carbocycles. The first-order chi connectivity index (χ1) is 7.00. The fourth-order valence-corrected chi connectivity index (χ4v) is 1.54. The summed E-state index contributed by atoms with van der Waals surface area (Å²) in [6.45, 7) is 5.63. The monoisotopic (exact) mass is 222 g/mol. The van der Waals surface area contributed by atoms with Crippen LogP contribution in [0, 0.1) is 5.92 Å². The Kier molecular flexibility index (Phi) is 4.10. The van der Waals surface area contributed by atoms with Crippen molar-refractivity contribution < 1.29 is 4.79 Å². The summed E-state index contributed by atoms with van der Waals surface area (Å²) in [6, 6.07) is 7.47. The molecule has 80 valence electrons. The van der Waals surface area contributed by atoms with Crippen LogP contribution in [0.25, 0.3) is 6.08 Å².